The molecule has 1 saturated heterocycles. The SMILES string of the molecule is COCCCNC(=O)N1C[C@@H](O)C[C@H]1C(=O)O. The number of methoxy groups -OCH3 is 1. The van der Waals surface area contributed by atoms with Crippen LogP contribution in [-0.2, 0) is 9.53 Å². The average molecular weight is 246 g/mol. The number of nitrogens with one attached hydrogen (secondary N) is 1. The van der Waals surface area contributed by atoms with E-state index in [1.807, 2.05) is 0 Å². The molecular weight excluding hydrogens is 228 g/mol. The number of nitrogens with zero attached hydrogens (tertiary/aromatic N) is 1. The second kappa shape index (κ2) is 6.41. The van der Waals surface area contributed by atoms with Gasteiger partial charge < -0.3 is 25.2 Å². The van der Waals surface area contributed by atoms with Gasteiger partial charge in [-0.3, -0.25) is 0 Å². The molecule has 1 fully saturated rings. The van der Waals surface area contributed by atoms with Crippen molar-refractivity contribution in [2.24, 2.45) is 0 Å². The number of carboxylic acids is 1. The van der Waals surface area contributed by atoms with Crippen molar-refractivity contribution in [3.63, 3.8) is 0 Å². The molecule has 7 heteroatoms. The smallest absolute Gasteiger partial charge is 0.326 e. The van der Waals surface area contributed by atoms with Gasteiger partial charge in [0.15, 0.2) is 0 Å². The van der Waals surface area contributed by atoms with Crippen LogP contribution in [0.1, 0.15) is 12.8 Å². The summed E-state index contributed by atoms with van der Waals surface area (Å²) in [5, 5.41) is 20.9. The predicted octanol–water partition coefficient (Wildman–Crippen LogP) is -0.748. The van der Waals surface area contributed by atoms with E-state index in [-0.39, 0.29) is 13.0 Å². The number of hydrogen-bond acceptors (Lipinski definition) is 4. The Morgan fingerprint density at radius 1 is 1.53 bits per heavy atom. The lowest BCUT2D eigenvalue weighted by atomic mass is 10.2. The Bertz CT molecular complexity index is 284. The molecule has 2 amide bonds. The Hall–Kier alpha value is -1.34. The average Bonchev–Trinajstić information content (AvgIpc) is 2.66. The molecule has 0 aromatic carbocycles. The molecular formula is C10H18N2O5. The fraction of sp³-hybridized carbons (Fsp3) is 0.800. The second-order valence-corrected chi connectivity index (χ2v) is 3.97. The molecule has 0 aromatic rings. The Morgan fingerprint density at radius 2 is 2.24 bits per heavy atom. The maximum atomic E-state index is 11.7. The van der Waals surface area contributed by atoms with E-state index in [0.29, 0.717) is 19.6 Å². The van der Waals surface area contributed by atoms with Gasteiger partial charge in [-0.05, 0) is 6.42 Å². The van der Waals surface area contributed by atoms with E-state index < -0.39 is 24.1 Å². The molecule has 0 spiro atoms. The summed E-state index contributed by atoms with van der Waals surface area (Å²) in [7, 11) is 1.57. The van der Waals surface area contributed by atoms with Crippen LogP contribution in [0.3, 0.4) is 0 Å². The maximum Gasteiger partial charge on any atom is 0.326 e. The van der Waals surface area contributed by atoms with Gasteiger partial charge in [0.25, 0.3) is 0 Å². The highest BCUT2D eigenvalue weighted by atomic mass is 16.5. The van der Waals surface area contributed by atoms with Crippen LogP contribution in [0, 0.1) is 0 Å². The first kappa shape index (κ1) is 13.7. The number of aliphatic hydroxyl groups excluding tert-OH is 1. The van der Waals surface area contributed by atoms with Crippen molar-refractivity contribution >= 4 is 12.0 Å². The largest absolute Gasteiger partial charge is 0.480 e. The van der Waals surface area contributed by atoms with E-state index in [9.17, 15) is 14.7 Å². The number of rotatable bonds is 5. The highest BCUT2D eigenvalue weighted by molar-refractivity contribution is 5.83. The van der Waals surface area contributed by atoms with Crippen molar-refractivity contribution < 1.29 is 24.5 Å². The van der Waals surface area contributed by atoms with Crippen molar-refractivity contribution in [1.29, 1.82) is 0 Å². The van der Waals surface area contributed by atoms with Crippen LogP contribution in [0.4, 0.5) is 4.79 Å². The summed E-state index contributed by atoms with van der Waals surface area (Å²) in [6.07, 6.45) is -0.0159. The number of aliphatic hydroxyl groups is 1. The number of ether oxygens (including phenoxy) is 1. The number of β-amino-alcohol motifs (C(OH)–C–C–N with tert-alkyl or cyclic N) is 1. The number of aliphatic carboxylic acids is 1. The Labute approximate surface area is 99.4 Å². The standard InChI is InChI=1S/C10H18N2O5/c1-17-4-2-3-11-10(16)12-6-7(13)5-8(12)9(14)15/h7-8,13H,2-6H2,1H3,(H,11,16)(H,14,15)/t7-,8-/m0/s1. The number of likely N-dealkylation sites (tertiary alicyclic amines) is 1. The van der Waals surface area contributed by atoms with Gasteiger partial charge >= 0.3 is 12.0 Å². The molecule has 0 bridgehead atoms. The van der Waals surface area contributed by atoms with Crippen LogP contribution in [0.15, 0.2) is 0 Å². The summed E-state index contributed by atoms with van der Waals surface area (Å²) in [4.78, 5) is 23.7. The van der Waals surface area contributed by atoms with E-state index in [1.54, 1.807) is 7.11 Å². The molecule has 7 nitrogen and oxygen atoms in total. The van der Waals surface area contributed by atoms with E-state index >= 15 is 0 Å². The quantitative estimate of drug-likeness (QED) is 0.554. The first-order chi connectivity index (χ1) is 8.06. The summed E-state index contributed by atoms with van der Waals surface area (Å²) >= 11 is 0. The Balaban J connectivity index is 2.41. The minimum absolute atomic E-state index is 0.0626. The molecule has 1 heterocycles. The van der Waals surface area contributed by atoms with Gasteiger partial charge in [-0.1, -0.05) is 0 Å². The van der Waals surface area contributed by atoms with Crippen molar-refractivity contribution in [3.8, 4) is 0 Å². The lowest BCUT2D eigenvalue weighted by molar-refractivity contribution is -0.141. The van der Waals surface area contributed by atoms with Gasteiger partial charge in [0.1, 0.15) is 6.04 Å². The van der Waals surface area contributed by atoms with Crippen LogP contribution in [0.25, 0.3) is 0 Å². The monoisotopic (exact) mass is 246 g/mol. The Kier molecular flexibility index (Phi) is 5.17. The molecule has 0 aliphatic carbocycles. The normalized spacial score (nSPS) is 23.8. The maximum absolute atomic E-state index is 11.7. The van der Waals surface area contributed by atoms with Gasteiger partial charge in [0.05, 0.1) is 6.10 Å². The molecule has 0 unspecified atom stereocenters. The summed E-state index contributed by atoms with van der Waals surface area (Å²) in [5.74, 6) is -1.09. The van der Waals surface area contributed by atoms with Gasteiger partial charge in [-0.25, -0.2) is 9.59 Å². The van der Waals surface area contributed by atoms with Crippen molar-refractivity contribution in [3.05, 3.63) is 0 Å². The van der Waals surface area contributed by atoms with E-state index in [1.165, 1.54) is 0 Å². The fourth-order valence-electron chi connectivity index (χ4n) is 1.79. The highest BCUT2D eigenvalue weighted by Crippen LogP contribution is 2.17. The van der Waals surface area contributed by atoms with E-state index in [0.717, 1.165) is 4.90 Å². The third-order valence-electron chi connectivity index (χ3n) is 2.63. The molecule has 98 valence electrons. The minimum atomic E-state index is -1.09. The number of amides is 2. The summed E-state index contributed by atoms with van der Waals surface area (Å²) < 4.78 is 4.83. The van der Waals surface area contributed by atoms with Crippen LogP contribution in [0.5, 0.6) is 0 Å². The highest BCUT2D eigenvalue weighted by Gasteiger charge is 2.38. The third kappa shape index (κ3) is 3.86. The van der Waals surface area contributed by atoms with Crippen LogP contribution < -0.4 is 5.32 Å². The van der Waals surface area contributed by atoms with E-state index in [4.69, 9.17) is 9.84 Å². The van der Waals surface area contributed by atoms with Crippen molar-refractivity contribution in [2.75, 3.05) is 26.8 Å². The molecule has 17 heavy (non-hydrogen) atoms. The lowest BCUT2D eigenvalue weighted by Crippen LogP contribution is -2.46. The van der Waals surface area contributed by atoms with Crippen molar-refractivity contribution in [2.45, 2.75) is 25.0 Å². The molecule has 0 aromatic heterocycles. The zero-order valence-corrected chi connectivity index (χ0v) is 9.76. The fourth-order valence-corrected chi connectivity index (χ4v) is 1.79. The lowest BCUT2D eigenvalue weighted by Gasteiger charge is -2.21. The molecule has 3 N–H and O–H groups in total. The molecule has 0 radical (unpaired) electrons. The summed E-state index contributed by atoms with van der Waals surface area (Å²) in [5.41, 5.74) is 0. The predicted molar refractivity (Wildman–Crippen MR) is 58.6 cm³/mol. The second-order valence-electron chi connectivity index (χ2n) is 3.97. The number of carboxylic acid groups (broad SMARTS) is 1. The number of carbonyl (C=O) groups excluding carboxylic acids is 1. The molecule has 0 saturated carbocycles. The van der Waals surface area contributed by atoms with Crippen LogP contribution in [-0.4, -0.2) is 66.1 Å². The number of urea groups is 1. The van der Waals surface area contributed by atoms with Gasteiger partial charge in [-0.2, -0.15) is 0 Å². The van der Waals surface area contributed by atoms with E-state index in [2.05, 4.69) is 5.32 Å². The molecule has 1 aliphatic heterocycles. The molecule has 2 atom stereocenters. The zero-order chi connectivity index (χ0) is 12.8. The first-order valence-corrected chi connectivity index (χ1v) is 5.50. The van der Waals surface area contributed by atoms with Gasteiger partial charge in [0, 0.05) is 33.2 Å². The van der Waals surface area contributed by atoms with Crippen LogP contribution in [0.2, 0.25) is 0 Å². The first-order valence-electron chi connectivity index (χ1n) is 5.50. The van der Waals surface area contributed by atoms with Gasteiger partial charge in [-0.15, -0.1) is 0 Å². The number of hydrogen-bond donors (Lipinski definition) is 3. The van der Waals surface area contributed by atoms with Gasteiger partial charge in [0.2, 0.25) is 0 Å². The number of carbonyl (C=O) groups is 2. The van der Waals surface area contributed by atoms with Crippen molar-refractivity contribution in [1.82, 2.24) is 10.2 Å². The van der Waals surface area contributed by atoms with Crippen LogP contribution >= 0.6 is 0 Å². The minimum Gasteiger partial charge on any atom is -0.480 e. The third-order valence-corrected chi connectivity index (χ3v) is 2.63. The topological polar surface area (TPSA) is 99.1 Å². The Morgan fingerprint density at radius 3 is 2.82 bits per heavy atom. The molecule has 1 rings (SSSR count). The zero-order valence-electron chi connectivity index (χ0n) is 9.76. The summed E-state index contributed by atoms with van der Waals surface area (Å²) in [6, 6.07) is -1.39. The summed E-state index contributed by atoms with van der Waals surface area (Å²) in [6.45, 7) is 1.02. The molecule has 1 aliphatic rings.